The number of ketones is 1. The van der Waals surface area contributed by atoms with Crippen LogP contribution in [0.2, 0.25) is 0 Å². The molecule has 2 bridgehead atoms. The predicted octanol–water partition coefficient (Wildman–Crippen LogP) is 3.13. The van der Waals surface area contributed by atoms with Crippen LogP contribution in [0.3, 0.4) is 0 Å². The average Bonchev–Trinajstić information content (AvgIpc) is 2.77. The predicted molar refractivity (Wildman–Crippen MR) is 87.9 cm³/mol. The fourth-order valence-corrected chi connectivity index (χ4v) is 4.49. The van der Waals surface area contributed by atoms with Crippen molar-refractivity contribution in [1.82, 2.24) is 4.90 Å². The molecule has 3 atom stereocenters. The number of Topliss-reactive ketones (excluding diaryl/α,β-unsaturated/α-hetero) is 1. The van der Waals surface area contributed by atoms with E-state index in [1.807, 2.05) is 30.3 Å². The normalized spacial score (nSPS) is 29.5. The summed E-state index contributed by atoms with van der Waals surface area (Å²) in [6.07, 6.45) is 6.39. The molecule has 0 aromatic heterocycles. The van der Waals surface area contributed by atoms with Crippen LogP contribution in [0.5, 0.6) is 0 Å². The monoisotopic (exact) mass is 301 g/mol. The second-order valence-corrected chi connectivity index (χ2v) is 6.98. The molecule has 2 aliphatic heterocycles. The van der Waals surface area contributed by atoms with Gasteiger partial charge in [0, 0.05) is 30.2 Å². The molecule has 2 aliphatic rings. The Labute approximate surface area is 133 Å². The third-order valence-electron chi connectivity index (χ3n) is 5.77. The van der Waals surface area contributed by atoms with Gasteiger partial charge in [0.1, 0.15) is 0 Å². The highest BCUT2D eigenvalue weighted by atomic mass is 16.3. The van der Waals surface area contributed by atoms with E-state index in [9.17, 15) is 9.90 Å². The summed E-state index contributed by atoms with van der Waals surface area (Å²) >= 11 is 0. The average molecular weight is 301 g/mol. The number of benzene rings is 1. The highest BCUT2D eigenvalue weighted by molar-refractivity contribution is 5.98. The smallest absolute Gasteiger partial charge is 0.166 e. The van der Waals surface area contributed by atoms with Gasteiger partial charge in [-0.25, -0.2) is 0 Å². The first-order chi connectivity index (χ1) is 10.7. The molecule has 120 valence electrons. The lowest BCUT2D eigenvalue weighted by Crippen LogP contribution is -2.43. The summed E-state index contributed by atoms with van der Waals surface area (Å²) in [5.74, 6) is 0.835. The Kier molecular flexibility index (Phi) is 4.94. The van der Waals surface area contributed by atoms with Crippen molar-refractivity contribution in [2.75, 3.05) is 13.7 Å². The van der Waals surface area contributed by atoms with Crippen molar-refractivity contribution in [3.05, 3.63) is 35.9 Å². The molecule has 0 aliphatic carbocycles. The number of hydrogen-bond donors (Lipinski definition) is 1. The quantitative estimate of drug-likeness (QED) is 0.821. The highest BCUT2D eigenvalue weighted by Crippen LogP contribution is 2.42. The van der Waals surface area contributed by atoms with E-state index in [0.717, 1.165) is 31.2 Å². The lowest BCUT2D eigenvalue weighted by Gasteiger charge is -2.39. The van der Waals surface area contributed by atoms with E-state index in [0.29, 0.717) is 18.0 Å². The molecule has 0 saturated carbocycles. The number of aliphatic hydroxyl groups is 1. The Balaban J connectivity index is 1.77. The summed E-state index contributed by atoms with van der Waals surface area (Å²) in [6.45, 7) is 0.179. The van der Waals surface area contributed by atoms with Gasteiger partial charge < -0.3 is 10.0 Å². The van der Waals surface area contributed by atoms with Crippen LogP contribution in [-0.2, 0) is 0 Å². The van der Waals surface area contributed by atoms with Gasteiger partial charge in [-0.05, 0) is 51.5 Å². The van der Waals surface area contributed by atoms with Gasteiger partial charge in [-0.3, -0.25) is 4.79 Å². The molecule has 0 radical (unpaired) electrons. The molecule has 2 heterocycles. The van der Waals surface area contributed by atoms with Gasteiger partial charge in [0.25, 0.3) is 0 Å². The Morgan fingerprint density at radius 1 is 1.23 bits per heavy atom. The van der Waals surface area contributed by atoms with Crippen LogP contribution in [0.25, 0.3) is 0 Å². The highest BCUT2D eigenvalue weighted by Gasteiger charge is 2.42. The molecule has 2 fully saturated rings. The third kappa shape index (κ3) is 3.11. The zero-order valence-corrected chi connectivity index (χ0v) is 13.4. The second-order valence-electron chi connectivity index (χ2n) is 6.98. The number of piperidine rings is 1. The van der Waals surface area contributed by atoms with Gasteiger partial charge in [0.15, 0.2) is 5.78 Å². The summed E-state index contributed by atoms with van der Waals surface area (Å²) in [7, 11) is 2.24. The molecule has 22 heavy (non-hydrogen) atoms. The first-order valence-electron chi connectivity index (χ1n) is 8.62. The van der Waals surface area contributed by atoms with Crippen LogP contribution in [0.1, 0.15) is 48.9 Å². The Hall–Kier alpha value is -1.19. The molecule has 3 nitrogen and oxygen atoms in total. The van der Waals surface area contributed by atoms with E-state index in [1.165, 1.54) is 12.8 Å². The van der Waals surface area contributed by atoms with Crippen LogP contribution in [0.4, 0.5) is 0 Å². The molecule has 3 heteroatoms. The van der Waals surface area contributed by atoms with Crippen LogP contribution in [-0.4, -0.2) is 41.5 Å². The van der Waals surface area contributed by atoms with Crippen molar-refractivity contribution in [2.24, 2.45) is 11.8 Å². The zero-order chi connectivity index (χ0) is 15.5. The van der Waals surface area contributed by atoms with Gasteiger partial charge in [-0.1, -0.05) is 30.3 Å². The zero-order valence-electron chi connectivity index (χ0n) is 13.4. The summed E-state index contributed by atoms with van der Waals surface area (Å²) in [4.78, 5) is 15.5. The fourth-order valence-electron chi connectivity index (χ4n) is 4.49. The number of aliphatic hydroxyl groups excluding tert-OH is 1. The summed E-state index contributed by atoms with van der Waals surface area (Å²) in [5, 5.41) is 9.20. The molecular weight excluding hydrogens is 274 g/mol. The van der Waals surface area contributed by atoms with Crippen molar-refractivity contribution in [3.63, 3.8) is 0 Å². The molecule has 1 aromatic carbocycles. The van der Waals surface area contributed by atoms with Gasteiger partial charge in [-0.15, -0.1) is 0 Å². The minimum atomic E-state index is 0.0753. The molecule has 1 N–H and O–H groups in total. The van der Waals surface area contributed by atoms with Crippen LogP contribution >= 0.6 is 0 Å². The minimum Gasteiger partial charge on any atom is -0.396 e. The number of nitrogens with zero attached hydrogens (tertiary/aromatic N) is 1. The van der Waals surface area contributed by atoms with E-state index in [-0.39, 0.29) is 18.3 Å². The van der Waals surface area contributed by atoms with E-state index in [4.69, 9.17) is 0 Å². The number of carbonyl (C=O) groups is 1. The molecule has 0 spiro atoms. The topological polar surface area (TPSA) is 40.5 Å². The SMILES string of the molecule is CN1C2CCC1CC(C(CCCO)C(=O)c1ccccc1)C2. The molecule has 3 rings (SSSR count). The molecular formula is C19H27NO2. The summed E-state index contributed by atoms with van der Waals surface area (Å²) < 4.78 is 0. The van der Waals surface area contributed by atoms with E-state index >= 15 is 0 Å². The van der Waals surface area contributed by atoms with Crippen molar-refractivity contribution in [2.45, 2.75) is 50.6 Å². The Morgan fingerprint density at radius 2 is 1.86 bits per heavy atom. The second kappa shape index (κ2) is 6.93. The number of hydrogen-bond acceptors (Lipinski definition) is 3. The maximum absolute atomic E-state index is 13.0. The van der Waals surface area contributed by atoms with Crippen LogP contribution < -0.4 is 0 Å². The lowest BCUT2D eigenvalue weighted by atomic mass is 9.75. The maximum atomic E-state index is 13.0. The standard InChI is InChI=1S/C19H27NO2/c1-20-16-9-10-17(20)13-15(12-16)18(8-5-11-21)19(22)14-6-3-2-4-7-14/h2-4,6-7,15-18,21H,5,8-13H2,1H3. The maximum Gasteiger partial charge on any atom is 0.166 e. The van der Waals surface area contributed by atoms with Gasteiger partial charge in [0.2, 0.25) is 0 Å². The van der Waals surface area contributed by atoms with Gasteiger partial charge in [0.05, 0.1) is 0 Å². The van der Waals surface area contributed by atoms with E-state index in [1.54, 1.807) is 0 Å². The number of carbonyl (C=O) groups excluding carboxylic acids is 1. The van der Waals surface area contributed by atoms with E-state index in [2.05, 4.69) is 11.9 Å². The summed E-state index contributed by atoms with van der Waals surface area (Å²) in [5.41, 5.74) is 0.830. The Morgan fingerprint density at radius 3 is 2.45 bits per heavy atom. The minimum absolute atomic E-state index is 0.0753. The van der Waals surface area contributed by atoms with E-state index < -0.39 is 0 Å². The van der Waals surface area contributed by atoms with Crippen LogP contribution in [0, 0.1) is 11.8 Å². The molecule has 0 amide bonds. The van der Waals surface area contributed by atoms with Crippen molar-refractivity contribution < 1.29 is 9.90 Å². The fraction of sp³-hybridized carbons (Fsp3) is 0.632. The third-order valence-corrected chi connectivity index (χ3v) is 5.77. The first kappa shape index (κ1) is 15.7. The van der Waals surface area contributed by atoms with Crippen LogP contribution in [0.15, 0.2) is 30.3 Å². The van der Waals surface area contributed by atoms with Crippen molar-refractivity contribution in [1.29, 1.82) is 0 Å². The number of fused-ring (bicyclic) bond motifs is 2. The lowest BCUT2D eigenvalue weighted by molar-refractivity contribution is 0.0679. The molecule has 2 saturated heterocycles. The molecule has 1 aromatic rings. The summed E-state index contributed by atoms with van der Waals surface area (Å²) in [6, 6.07) is 11.0. The van der Waals surface area contributed by atoms with Gasteiger partial charge in [-0.2, -0.15) is 0 Å². The molecule has 3 unspecified atom stereocenters. The van der Waals surface area contributed by atoms with Crippen molar-refractivity contribution in [3.8, 4) is 0 Å². The van der Waals surface area contributed by atoms with Crippen molar-refractivity contribution >= 4 is 5.78 Å². The van der Waals surface area contributed by atoms with Gasteiger partial charge >= 0.3 is 0 Å². The first-order valence-corrected chi connectivity index (χ1v) is 8.62. The largest absolute Gasteiger partial charge is 0.396 e. The number of rotatable bonds is 6. The Bertz CT molecular complexity index is 487.